The number of urea groups is 1. The summed E-state index contributed by atoms with van der Waals surface area (Å²) in [6, 6.07) is 4.90. The van der Waals surface area contributed by atoms with Crippen LogP contribution in [0, 0.1) is 0 Å². The fourth-order valence-electron chi connectivity index (χ4n) is 2.91. The van der Waals surface area contributed by atoms with Crippen molar-refractivity contribution in [1.82, 2.24) is 14.8 Å². The third-order valence-electron chi connectivity index (χ3n) is 4.41. The Labute approximate surface area is 166 Å². The maximum Gasteiger partial charge on any atom is 0.325 e. The average molecular weight is 385 g/mol. The Kier molecular flexibility index (Phi) is 9.60. The number of rotatable bonds is 6. The molecule has 0 saturated carbocycles. The van der Waals surface area contributed by atoms with Gasteiger partial charge in [-0.1, -0.05) is 20.8 Å². The third kappa shape index (κ3) is 6.76. The molecule has 0 saturated heterocycles. The number of pyridine rings is 1. The second-order valence-corrected chi connectivity index (χ2v) is 8.41. The van der Waals surface area contributed by atoms with Gasteiger partial charge in [-0.15, -0.1) is 12.4 Å². The molecule has 0 N–H and O–H groups in total. The normalized spacial score (nSPS) is 11.7. The molecule has 0 aliphatic rings. The van der Waals surface area contributed by atoms with E-state index in [0.717, 1.165) is 12.4 Å². The van der Waals surface area contributed by atoms with Crippen molar-refractivity contribution in [2.75, 3.05) is 32.1 Å². The zero-order chi connectivity index (χ0) is 19.4. The molecule has 1 aromatic rings. The molecule has 6 heteroatoms. The van der Waals surface area contributed by atoms with Crippen molar-refractivity contribution in [3.63, 3.8) is 0 Å². The zero-order valence-corrected chi connectivity index (χ0v) is 18.7. The number of nitrogens with zero attached hydrogens (tertiary/aromatic N) is 4. The highest BCUT2D eigenvalue weighted by atomic mass is 35.5. The third-order valence-corrected chi connectivity index (χ3v) is 4.41. The number of carbonyl (C=O) groups is 1. The molecule has 2 amide bonds. The van der Waals surface area contributed by atoms with Gasteiger partial charge in [0, 0.05) is 45.5 Å². The van der Waals surface area contributed by atoms with Crippen LogP contribution >= 0.6 is 12.4 Å². The van der Waals surface area contributed by atoms with Gasteiger partial charge in [0.1, 0.15) is 5.82 Å². The maximum absolute atomic E-state index is 12.8. The first-order chi connectivity index (χ1) is 11.4. The van der Waals surface area contributed by atoms with Crippen molar-refractivity contribution >= 4 is 24.3 Å². The summed E-state index contributed by atoms with van der Waals surface area (Å²) < 4.78 is 0. The Morgan fingerprint density at radius 2 is 1.62 bits per heavy atom. The van der Waals surface area contributed by atoms with Crippen molar-refractivity contribution in [1.29, 1.82) is 0 Å². The van der Waals surface area contributed by atoms with Crippen LogP contribution in [-0.2, 0) is 5.41 Å². The summed E-state index contributed by atoms with van der Waals surface area (Å²) in [5.41, 5.74) is 1.20. The van der Waals surface area contributed by atoms with Gasteiger partial charge in [-0.25, -0.2) is 9.78 Å². The summed E-state index contributed by atoms with van der Waals surface area (Å²) in [5.74, 6) is 0.721. The lowest BCUT2D eigenvalue weighted by atomic mass is 9.88. The van der Waals surface area contributed by atoms with E-state index in [1.807, 2.05) is 12.1 Å². The Morgan fingerprint density at radius 1 is 1.08 bits per heavy atom. The number of anilines is 1. The highest BCUT2D eigenvalue weighted by molar-refractivity contribution is 5.90. The number of hydrogen-bond acceptors (Lipinski definition) is 3. The Hall–Kier alpha value is -1.33. The summed E-state index contributed by atoms with van der Waals surface area (Å²) in [6.45, 7) is 16.7. The minimum atomic E-state index is -0.0361. The predicted molar refractivity (Wildman–Crippen MR) is 114 cm³/mol. The molecule has 0 aromatic carbocycles. The molecule has 0 spiro atoms. The number of amides is 2. The fraction of sp³-hybridized carbons (Fsp3) is 0.700. The average Bonchev–Trinajstić information content (AvgIpc) is 2.49. The first-order valence-corrected chi connectivity index (χ1v) is 9.16. The molecule has 0 bridgehead atoms. The van der Waals surface area contributed by atoms with E-state index < -0.39 is 0 Å². The van der Waals surface area contributed by atoms with E-state index in [9.17, 15) is 4.79 Å². The lowest BCUT2D eigenvalue weighted by Crippen LogP contribution is -2.47. The SMILES string of the molecule is CC(C)N(CCN(C(=O)N(C)C)c1cc(C(C)(C)C)ccn1)C(C)C.Cl. The highest BCUT2D eigenvalue weighted by Gasteiger charge is 2.23. The minimum Gasteiger partial charge on any atom is -0.330 e. The van der Waals surface area contributed by atoms with Gasteiger partial charge in [-0.05, 0) is 50.8 Å². The number of carbonyl (C=O) groups excluding carboxylic acids is 1. The topological polar surface area (TPSA) is 39.7 Å². The van der Waals surface area contributed by atoms with Crippen LogP contribution in [0.1, 0.15) is 54.0 Å². The van der Waals surface area contributed by atoms with Crippen molar-refractivity contribution in [3.05, 3.63) is 23.9 Å². The summed E-state index contributed by atoms with van der Waals surface area (Å²) in [5, 5.41) is 0. The monoisotopic (exact) mass is 384 g/mol. The van der Waals surface area contributed by atoms with Crippen LogP contribution in [0.3, 0.4) is 0 Å². The first-order valence-electron chi connectivity index (χ1n) is 9.16. The van der Waals surface area contributed by atoms with Gasteiger partial charge in [0.05, 0.1) is 0 Å². The second-order valence-electron chi connectivity index (χ2n) is 8.41. The molecular formula is C20H37ClN4O. The zero-order valence-electron chi connectivity index (χ0n) is 17.9. The Balaban J connectivity index is 0.00000625. The largest absolute Gasteiger partial charge is 0.330 e. The van der Waals surface area contributed by atoms with E-state index in [-0.39, 0.29) is 23.9 Å². The summed E-state index contributed by atoms with van der Waals surface area (Å²) in [4.78, 5) is 23.0. The van der Waals surface area contributed by atoms with Crippen molar-refractivity contribution in [3.8, 4) is 0 Å². The molecule has 1 rings (SSSR count). The van der Waals surface area contributed by atoms with Gasteiger partial charge < -0.3 is 4.90 Å². The fourth-order valence-corrected chi connectivity index (χ4v) is 2.91. The minimum absolute atomic E-state index is 0. The van der Waals surface area contributed by atoms with Crippen LogP contribution in [0.5, 0.6) is 0 Å². The molecular weight excluding hydrogens is 348 g/mol. The molecule has 0 aliphatic carbocycles. The van der Waals surface area contributed by atoms with Crippen molar-refractivity contribution in [2.24, 2.45) is 0 Å². The molecule has 150 valence electrons. The summed E-state index contributed by atoms with van der Waals surface area (Å²) in [6.07, 6.45) is 1.80. The van der Waals surface area contributed by atoms with E-state index in [1.54, 1.807) is 30.1 Å². The van der Waals surface area contributed by atoms with Crippen LogP contribution in [0.25, 0.3) is 0 Å². The maximum atomic E-state index is 12.8. The van der Waals surface area contributed by atoms with E-state index in [0.29, 0.717) is 18.6 Å². The van der Waals surface area contributed by atoms with Crippen LogP contribution in [0.2, 0.25) is 0 Å². The smallest absolute Gasteiger partial charge is 0.325 e. The number of halogens is 1. The lowest BCUT2D eigenvalue weighted by Gasteiger charge is -2.34. The molecule has 0 atom stereocenters. The summed E-state index contributed by atoms with van der Waals surface area (Å²) >= 11 is 0. The van der Waals surface area contributed by atoms with Crippen LogP contribution in [0.15, 0.2) is 18.3 Å². The van der Waals surface area contributed by atoms with Gasteiger partial charge in [0.25, 0.3) is 0 Å². The molecule has 0 radical (unpaired) electrons. The number of hydrogen-bond donors (Lipinski definition) is 0. The van der Waals surface area contributed by atoms with Gasteiger partial charge >= 0.3 is 6.03 Å². The highest BCUT2D eigenvalue weighted by Crippen LogP contribution is 2.25. The van der Waals surface area contributed by atoms with Gasteiger partial charge in [-0.2, -0.15) is 0 Å². The molecule has 1 heterocycles. The van der Waals surface area contributed by atoms with Crippen LogP contribution < -0.4 is 4.90 Å². The van der Waals surface area contributed by atoms with Gasteiger partial charge in [-0.3, -0.25) is 9.80 Å². The predicted octanol–water partition coefficient (Wildman–Crippen LogP) is 4.41. The molecule has 0 aliphatic heterocycles. The standard InChI is InChI=1S/C20H36N4O.ClH/c1-15(2)23(16(3)4)12-13-24(19(25)22(8)9)18-14-17(10-11-21-18)20(5,6)7;/h10-11,14-16H,12-13H2,1-9H3;1H. The van der Waals surface area contributed by atoms with E-state index in [4.69, 9.17) is 0 Å². The quantitative estimate of drug-likeness (QED) is 0.729. The molecule has 5 nitrogen and oxygen atoms in total. The Bertz CT molecular complexity index is 559. The van der Waals surface area contributed by atoms with Crippen molar-refractivity contribution in [2.45, 2.75) is 66.0 Å². The number of aromatic nitrogens is 1. The van der Waals surface area contributed by atoms with Crippen molar-refractivity contribution < 1.29 is 4.79 Å². The van der Waals surface area contributed by atoms with Crippen LogP contribution in [-0.4, -0.2) is 60.1 Å². The first kappa shape index (κ1) is 24.7. The Morgan fingerprint density at radius 3 is 2.04 bits per heavy atom. The molecule has 0 unspecified atom stereocenters. The van der Waals surface area contributed by atoms with E-state index >= 15 is 0 Å². The van der Waals surface area contributed by atoms with Gasteiger partial charge in [0.2, 0.25) is 0 Å². The van der Waals surface area contributed by atoms with Gasteiger partial charge in [0.15, 0.2) is 0 Å². The second kappa shape index (κ2) is 10.1. The van der Waals surface area contributed by atoms with Crippen LogP contribution in [0.4, 0.5) is 10.6 Å². The van der Waals surface area contributed by atoms with E-state index in [2.05, 4.69) is 58.4 Å². The molecule has 26 heavy (non-hydrogen) atoms. The van der Waals surface area contributed by atoms with E-state index in [1.165, 1.54) is 5.56 Å². The molecule has 0 fully saturated rings. The lowest BCUT2D eigenvalue weighted by molar-refractivity contribution is 0.177. The molecule has 1 aromatic heterocycles. The summed E-state index contributed by atoms with van der Waals surface area (Å²) in [7, 11) is 3.57.